The van der Waals surface area contributed by atoms with Gasteiger partial charge in [0.15, 0.2) is 0 Å². The summed E-state index contributed by atoms with van der Waals surface area (Å²) in [4.78, 5) is 40.4. The monoisotopic (exact) mass is 475 g/mol. The van der Waals surface area contributed by atoms with Gasteiger partial charge in [-0.1, -0.05) is 54.6 Å². The molecule has 0 saturated carbocycles. The van der Waals surface area contributed by atoms with Crippen LogP contribution in [0.3, 0.4) is 0 Å². The van der Waals surface area contributed by atoms with E-state index in [-0.39, 0.29) is 37.1 Å². The molecule has 0 aliphatic heterocycles. The van der Waals surface area contributed by atoms with E-state index in [2.05, 4.69) is 27.8 Å². The summed E-state index contributed by atoms with van der Waals surface area (Å²) in [5.41, 5.74) is 4.41. The first kappa shape index (κ1) is 23.9. The SMILES string of the molecule is COCCC(NC(=O)c1cccc(NC(=O)OCC2c3ccccc3-c3ccccc32)n1)C(=O)O. The summed E-state index contributed by atoms with van der Waals surface area (Å²) < 4.78 is 10.4. The van der Waals surface area contributed by atoms with E-state index in [0.717, 1.165) is 22.3 Å². The fraction of sp³-hybridized carbons (Fsp3) is 0.231. The van der Waals surface area contributed by atoms with Crippen molar-refractivity contribution in [3.63, 3.8) is 0 Å². The molecule has 35 heavy (non-hydrogen) atoms. The molecule has 0 radical (unpaired) electrons. The molecular weight excluding hydrogens is 450 g/mol. The third-order valence-electron chi connectivity index (χ3n) is 5.77. The van der Waals surface area contributed by atoms with Gasteiger partial charge in [0.05, 0.1) is 0 Å². The Morgan fingerprint density at radius 3 is 2.26 bits per heavy atom. The number of ether oxygens (including phenoxy) is 2. The standard InChI is InChI=1S/C26H25N3O6/c1-34-14-13-22(25(31)32)28-24(30)21-11-6-12-23(27-21)29-26(33)35-15-20-18-9-4-2-7-16(18)17-8-3-5-10-19(17)20/h2-12,20,22H,13-15H2,1H3,(H,28,30)(H,31,32)(H,27,29,33). The maximum Gasteiger partial charge on any atom is 0.412 e. The minimum atomic E-state index is -1.18. The van der Waals surface area contributed by atoms with Crippen LogP contribution in [0.4, 0.5) is 10.6 Å². The van der Waals surface area contributed by atoms with Crippen molar-refractivity contribution >= 4 is 23.8 Å². The van der Waals surface area contributed by atoms with Gasteiger partial charge in [-0.05, 0) is 34.4 Å². The molecule has 1 aliphatic rings. The van der Waals surface area contributed by atoms with Crippen molar-refractivity contribution in [2.75, 3.05) is 25.6 Å². The number of aromatic nitrogens is 1. The molecule has 0 bridgehead atoms. The van der Waals surface area contributed by atoms with Gasteiger partial charge in [-0.2, -0.15) is 0 Å². The van der Waals surface area contributed by atoms with Crippen molar-refractivity contribution in [1.29, 1.82) is 0 Å². The van der Waals surface area contributed by atoms with Crippen LogP contribution in [0.15, 0.2) is 66.7 Å². The molecule has 1 unspecified atom stereocenters. The number of carboxylic acid groups (broad SMARTS) is 1. The summed E-state index contributed by atoms with van der Waals surface area (Å²) in [5.74, 6) is -1.83. The summed E-state index contributed by atoms with van der Waals surface area (Å²) in [7, 11) is 1.45. The lowest BCUT2D eigenvalue weighted by molar-refractivity contribution is -0.139. The molecule has 3 aromatic rings. The van der Waals surface area contributed by atoms with E-state index < -0.39 is 24.0 Å². The summed E-state index contributed by atoms with van der Waals surface area (Å²) in [6, 6.07) is 19.4. The lowest BCUT2D eigenvalue weighted by atomic mass is 9.98. The number of carbonyl (C=O) groups is 3. The number of carbonyl (C=O) groups excluding carboxylic acids is 2. The van der Waals surface area contributed by atoms with Gasteiger partial charge in [-0.25, -0.2) is 14.6 Å². The zero-order valence-corrected chi connectivity index (χ0v) is 19.1. The van der Waals surface area contributed by atoms with Gasteiger partial charge in [0.25, 0.3) is 5.91 Å². The Morgan fingerprint density at radius 2 is 1.63 bits per heavy atom. The van der Waals surface area contributed by atoms with Gasteiger partial charge in [0.2, 0.25) is 0 Å². The molecule has 180 valence electrons. The normalized spacial score (nSPS) is 12.8. The van der Waals surface area contributed by atoms with Crippen molar-refractivity contribution in [2.45, 2.75) is 18.4 Å². The Balaban J connectivity index is 1.38. The van der Waals surface area contributed by atoms with Crippen LogP contribution >= 0.6 is 0 Å². The first-order valence-electron chi connectivity index (χ1n) is 11.1. The number of hydrogen-bond donors (Lipinski definition) is 3. The Hall–Kier alpha value is -4.24. The average Bonchev–Trinajstić information content (AvgIpc) is 3.19. The number of benzene rings is 2. The summed E-state index contributed by atoms with van der Waals surface area (Å²) in [6.45, 7) is 0.313. The van der Waals surface area contributed by atoms with Gasteiger partial charge in [-0.3, -0.25) is 10.1 Å². The van der Waals surface area contributed by atoms with E-state index >= 15 is 0 Å². The average molecular weight is 476 g/mol. The van der Waals surface area contributed by atoms with Crippen molar-refractivity contribution in [3.8, 4) is 11.1 Å². The Bertz CT molecular complexity index is 1200. The summed E-state index contributed by atoms with van der Waals surface area (Å²) in [6.07, 6.45) is -0.602. The number of fused-ring (bicyclic) bond motifs is 3. The molecule has 9 nitrogen and oxygen atoms in total. The molecule has 1 atom stereocenters. The first-order valence-corrected chi connectivity index (χ1v) is 11.1. The smallest absolute Gasteiger partial charge is 0.412 e. The largest absolute Gasteiger partial charge is 0.480 e. The highest BCUT2D eigenvalue weighted by Crippen LogP contribution is 2.44. The minimum absolute atomic E-state index is 0.0369. The predicted octanol–water partition coefficient (Wildman–Crippen LogP) is 3.66. The number of nitrogens with zero attached hydrogens (tertiary/aromatic N) is 1. The quantitative estimate of drug-likeness (QED) is 0.431. The maximum absolute atomic E-state index is 12.5. The van der Waals surface area contributed by atoms with Gasteiger partial charge >= 0.3 is 12.1 Å². The van der Waals surface area contributed by atoms with Crippen LogP contribution < -0.4 is 10.6 Å². The lowest BCUT2D eigenvalue weighted by Crippen LogP contribution is -2.41. The van der Waals surface area contributed by atoms with Crippen molar-refractivity contribution < 1.29 is 29.0 Å². The zero-order valence-electron chi connectivity index (χ0n) is 19.1. The fourth-order valence-corrected chi connectivity index (χ4v) is 4.10. The molecular formula is C26H25N3O6. The molecule has 9 heteroatoms. The highest BCUT2D eigenvalue weighted by molar-refractivity contribution is 5.95. The molecule has 0 saturated heterocycles. The Kier molecular flexibility index (Phi) is 7.37. The topological polar surface area (TPSA) is 127 Å². The highest BCUT2D eigenvalue weighted by Gasteiger charge is 2.29. The molecule has 1 aromatic heterocycles. The molecule has 1 aliphatic carbocycles. The number of pyridine rings is 1. The second-order valence-electron chi connectivity index (χ2n) is 8.00. The van der Waals surface area contributed by atoms with E-state index in [1.807, 2.05) is 36.4 Å². The number of amides is 2. The van der Waals surface area contributed by atoms with E-state index in [1.165, 1.54) is 25.3 Å². The maximum atomic E-state index is 12.5. The fourth-order valence-electron chi connectivity index (χ4n) is 4.10. The number of rotatable bonds is 9. The van der Waals surface area contributed by atoms with Gasteiger partial charge < -0.3 is 19.9 Å². The second-order valence-corrected chi connectivity index (χ2v) is 8.00. The molecule has 2 aromatic carbocycles. The minimum Gasteiger partial charge on any atom is -0.480 e. The van der Waals surface area contributed by atoms with Crippen LogP contribution in [0.25, 0.3) is 11.1 Å². The molecule has 3 N–H and O–H groups in total. The third kappa shape index (κ3) is 5.47. The van der Waals surface area contributed by atoms with E-state index in [0.29, 0.717) is 0 Å². The lowest BCUT2D eigenvalue weighted by Gasteiger charge is -2.15. The number of aliphatic carboxylic acids is 1. The summed E-state index contributed by atoms with van der Waals surface area (Å²) >= 11 is 0. The molecule has 1 heterocycles. The van der Waals surface area contributed by atoms with Crippen molar-refractivity contribution in [2.24, 2.45) is 0 Å². The van der Waals surface area contributed by atoms with Gasteiger partial charge in [0.1, 0.15) is 24.2 Å². The van der Waals surface area contributed by atoms with Crippen LogP contribution in [-0.2, 0) is 14.3 Å². The highest BCUT2D eigenvalue weighted by atomic mass is 16.5. The molecule has 0 fully saturated rings. The zero-order chi connectivity index (χ0) is 24.8. The summed E-state index contributed by atoms with van der Waals surface area (Å²) in [5, 5.41) is 14.2. The van der Waals surface area contributed by atoms with Crippen molar-refractivity contribution in [3.05, 3.63) is 83.6 Å². The van der Waals surface area contributed by atoms with E-state index in [4.69, 9.17) is 9.47 Å². The molecule has 4 rings (SSSR count). The van der Waals surface area contributed by atoms with Crippen LogP contribution in [0, 0.1) is 0 Å². The van der Waals surface area contributed by atoms with Crippen LogP contribution in [0.5, 0.6) is 0 Å². The number of hydrogen-bond acceptors (Lipinski definition) is 6. The number of methoxy groups -OCH3 is 1. The second kappa shape index (κ2) is 10.8. The van der Waals surface area contributed by atoms with E-state index in [9.17, 15) is 19.5 Å². The molecule has 2 amide bonds. The number of carboxylic acids is 1. The van der Waals surface area contributed by atoms with Crippen molar-refractivity contribution in [1.82, 2.24) is 10.3 Å². The first-order chi connectivity index (χ1) is 17.0. The number of nitrogens with one attached hydrogen (secondary N) is 2. The predicted molar refractivity (Wildman–Crippen MR) is 128 cm³/mol. The Labute approximate surface area is 202 Å². The van der Waals surface area contributed by atoms with Crippen LogP contribution in [0.2, 0.25) is 0 Å². The number of anilines is 1. The van der Waals surface area contributed by atoms with Gasteiger partial charge in [0, 0.05) is 26.1 Å². The molecule has 0 spiro atoms. The Morgan fingerprint density at radius 1 is 0.971 bits per heavy atom. The third-order valence-corrected chi connectivity index (χ3v) is 5.77. The van der Waals surface area contributed by atoms with Crippen LogP contribution in [0.1, 0.15) is 34.0 Å². The van der Waals surface area contributed by atoms with Crippen LogP contribution in [-0.4, -0.2) is 54.4 Å². The van der Waals surface area contributed by atoms with E-state index in [1.54, 1.807) is 0 Å². The van der Waals surface area contributed by atoms with Gasteiger partial charge in [-0.15, -0.1) is 0 Å².